The molecule has 3 atom stereocenters. The maximum absolute atomic E-state index is 13.6. The van der Waals surface area contributed by atoms with Gasteiger partial charge in [-0.2, -0.15) is 28.4 Å². The lowest BCUT2D eigenvalue weighted by molar-refractivity contribution is -1.21. The predicted octanol–water partition coefficient (Wildman–Crippen LogP) is -0.0837. The van der Waals surface area contributed by atoms with Gasteiger partial charge in [0.25, 0.3) is 0 Å². The quantitative estimate of drug-likeness (QED) is 0.227. The number of nitrogens with one attached hydrogen (secondary N) is 3. The SMILES string of the molecule is CC1=C(C(=O)OCCO[NH+]([O-])O)C(c2ccccc2C(F)(F)F)C([NH+]([O-])O)=C(C)N1. The number of quaternary nitrogens is 2. The second kappa shape index (κ2) is 9.53. The molecule has 30 heavy (non-hydrogen) atoms. The molecule has 3 unspecified atom stereocenters. The summed E-state index contributed by atoms with van der Waals surface area (Å²) in [7, 11) is 0. The van der Waals surface area contributed by atoms with Crippen LogP contribution < -0.4 is 15.9 Å². The minimum absolute atomic E-state index is 0.0766. The standard InChI is InChI=1S/C17H20F3N3O7/c1-9-13(16(24)29-7-8-30-23(27)28)14(15(22(25)26)10(2)21-9)11-5-3-4-6-12(11)17(18,19)20/h3-6,14,21-23,25,27H,7-8H2,1-2H3. The van der Waals surface area contributed by atoms with Gasteiger partial charge >= 0.3 is 12.1 Å². The molecule has 0 saturated carbocycles. The number of alkyl halides is 3. The zero-order chi connectivity index (χ0) is 22.6. The van der Waals surface area contributed by atoms with E-state index in [9.17, 15) is 33.6 Å². The van der Waals surface area contributed by atoms with Crippen molar-refractivity contribution in [3.63, 3.8) is 0 Å². The number of benzene rings is 1. The Morgan fingerprint density at radius 3 is 2.37 bits per heavy atom. The van der Waals surface area contributed by atoms with Crippen molar-refractivity contribution < 1.29 is 48.6 Å². The van der Waals surface area contributed by atoms with Crippen molar-refractivity contribution in [1.82, 2.24) is 5.32 Å². The van der Waals surface area contributed by atoms with E-state index in [1.54, 1.807) is 0 Å². The highest BCUT2D eigenvalue weighted by molar-refractivity contribution is 5.92. The smallest absolute Gasteiger partial charge is 0.416 e. The molecular weight excluding hydrogens is 415 g/mol. The van der Waals surface area contributed by atoms with Gasteiger partial charge in [0.1, 0.15) is 13.2 Å². The average molecular weight is 435 g/mol. The number of rotatable bonds is 7. The summed E-state index contributed by atoms with van der Waals surface area (Å²) in [6.07, 6.45) is -4.79. The van der Waals surface area contributed by atoms with Crippen molar-refractivity contribution >= 4 is 5.97 Å². The number of carbonyl (C=O) groups excluding carboxylic acids is 1. The lowest BCUT2D eigenvalue weighted by Crippen LogP contribution is -3.03. The van der Waals surface area contributed by atoms with Gasteiger partial charge in [-0.3, -0.25) is 0 Å². The summed E-state index contributed by atoms with van der Waals surface area (Å²) in [5.41, 5.74) is -2.08. The summed E-state index contributed by atoms with van der Waals surface area (Å²) in [6, 6.07) is 4.36. The molecule has 0 fully saturated rings. The fourth-order valence-electron chi connectivity index (χ4n) is 3.21. The van der Waals surface area contributed by atoms with Crippen LogP contribution in [-0.4, -0.2) is 29.6 Å². The summed E-state index contributed by atoms with van der Waals surface area (Å²) >= 11 is 0. The molecule has 0 radical (unpaired) electrons. The van der Waals surface area contributed by atoms with E-state index >= 15 is 0 Å². The Hall–Kier alpha value is -2.52. The highest BCUT2D eigenvalue weighted by atomic mass is 19.4. The van der Waals surface area contributed by atoms with E-state index in [1.807, 2.05) is 0 Å². The Kier molecular flexibility index (Phi) is 7.54. The zero-order valence-corrected chi connectivity index (χ0v) is 15.9. The lowest BCUT2D eigenvalue weighted by Gasteiger charge is -2.33. The van der Waals surface area contributed by atoms with Crippen LogP contribution in [0.5, 0.6) is 0 Å². The molecule has 0 bridgehead atoms. The van der Waals surface area contributed by atoms with Crippen molar-refractivity contribution in [2.45, 2.75) is 25.9 Å². The molecule has 1 heterocycles. The largest absolute Gasteiger partial charge is 0.595 e. The van der Waals surface area contributed by atoms with E-state index in [0.29, 0.717) is 0 Å². The number of allylic oxidation sites excluding steroid dienone is 3. The van der Waals surface area contributed by atoms with Gasteiger partial charge in [0, 0.05) is 5.70 Å². The minimum Gasteiger partial charge on any atom is -0.595 e. The second-order valence-electron chi connectivity index (χ2n) is 6.28. The van der Waals surface area contributed by atoms with E-state index in [2.05, 4.69) is 10.2 Å². The Morgan fingerprint density at radius 1 is 1.17 bits per heavy atom. The van der Waals surface area contributed by atoms with E-state index in [0.717, 1.165) is 18.2 Å². The van der Waals surface area contributed by atoms with Crippen molar-refractivity contribution in [3.05, 3.63) is 68.5 Å². The van der Waals surface area contributed by atoms with E-state index < -0.39 is 58.7 Å². The molecule has 166 valence electrons. The number of carbonyl (C=O) groups is 1. The van der Waals surface area contributed by atoms with Crippen molar-refractivity contribution in [1.29, 1.82) is 0 Å². The normalized spacial score (nSPS) is 19.4. The molecule has 0 spiro atoms. The van der Waals surface area contributed by atoms with Gasteiger partial charge in [-0.05, 0) is 25.5 Å². The van der Waals surface area contributed by atoms with Crippen LogP contribution in [0.2, 0.25) is 0 Å². The Labute approximate surface area is 168 Å². The highest BCUT2D eigenvalue weighted by Gasteiger charge is 2.43. The molecule has 2 rings (SSSR count). The van der Waals surface area contributed by atoms with Crippen LogP contribution >= 0.6 is 0 Å². The number of hydroxylamine groups is 2. The first-order valence-electron chi connectivity index (χ1n) is 8.56. The maximum Gasteiger partial charge on any atom is 0.416 e. The van der Waals surface area contributed by atoms with Gasteiger partial charge in [0.2, 0.25) is 0 Å². The van der Waals surface area contributed by atoms with E-state index in [1.165, 1.54) is 19.9 Å². The number of dihydropyridines is 1. The first kappa shape index (κ1) is 23.8. The Morgan fingerprint density at radius 2 is 1.80 bits per heavy atom. The third-order valence-electron chi connectivity index (χ3n) is 4.33. The number of ether oxygens (including phenoxy) is 1. The van der Waals surface area contributed by atoms with Crippen LogP contribution in [-0.2, 0) is 20.5 Å². The van der Waals surface area contributed by atoms with Crippen LogP contribution in [0.25, 0.3) is 0 Å². The number of halogens is 3. The van der Waals surface area contributed by atoms with E-state index in [-0.39, 0.29) is 17.0 Å². The third-order valence-corrected chi connectivity index (χ3v) is 4.33. The van der Waals surface area contributed by atoms with Gasteiger partial charge in [0.05, 0.1) is 22.8 Å². The molecule has 5 N–H and O–H groups in total. The van der Waals surface area contributed by atoms with Gasteiger partial charge in [-0.1, -0.05) is 23.6 Å². The predicted molar refractivity (Wildman–Crippen MR) is 91.9 cm³/mol. The van der Waals surface area contributed by atoms with Crippen LogP contribution in [0.15, 0.2) is 46.9 Å². The monoisotopic (exact) mass is 435 g/mol. The van der Waals surface area contributed by atoms with Crippen LogP contribution in [0.3, 0.4) is 0 Å². The highest BCUT2D eigenvalue weighted by Crippen LogP contribution is 2.42. The third kappa shape index (κ3) is 5.34. The minimum atomic E-state index is -4.79. The average Bonchev–Trinajstić information content (AvgIpc) is 2.63. The first-order chi connectivity index (χ1) is 13.9. The van der Waals surface area contributed by atoms with E-state index in [4.69, 9.17) is 9.94 Å². The van der Waals surface area contributed by atoms with Crippen molar-refractivity contribution in [3.8, 4) is 0 Å². The van der Waals surface area contributed by atoms with Crippen LogP contribution in [0.1, 0.15) is 30.9 Å². The summed E-state index contributed by atoms with van der Waals surface area (Å²) in [6.45, 7) is 1.78. The van der Waals surface area contributed by atoms with Crippen LogP contribution in [0, 0.1) is 10.4 Å². The van der Waals surface area contributed by atoms with Gasteiger partial charge in [-0.25, -0.2) is 10.0 Å². The second-order valence-corrected chi connectivity index (χ2v) is 6.28. The lowest BCUT2D eigenvalue weighted by atomic mass is 9.81. The van der Waals surface area contributed by atoms with Crippen molar-refractivity contribution in [2.75, 3.05) is 13.2 Å². The fourth-order valence-corrected chi connectivity index (χ4v) is 3.21. The molecule has 13 heteroatoms. The number of hydrogen-bond donors (Lipinski definition) is 5. The molecule has 1 aromatic rings. The molecule has 1 aromatic carbocycles. The Balaban J connectivity index is 2.53. The molecule has 0 amide bonds. The van der Waals surface area contributed by atoms with Crippen LogP contribution in [0.4, 0.5) is 13.2 Å². The molecule has 0 aromatic heterocycles. The first-order valence-corrected chi connectivity index (χ1v) is 8.56. The summed E-state index contributed by atoms with van der Waals surface area (Å²) in [5, 5.41) is 39.9. The molecule has 1 aliphatic rings. The molecule has 1 aliphatic heterocycles. The summed E-state index contributed by atoms with van der Waals surface area (Å²) in [5.74, 6) is -2.66. The van der Waals surface area contributed by atoms with Gasteiger partial charge in [-0.15, -0.1) is 0 Å². The zero-order valence-electron chi connectivity index (χ0n) is 15.9. The summed E-state index contributed by atoms with van der Waals surface area (Å²) in [4.78, 5) is 16.9. The number of esters is 1. The number of hydrogen-bond acceptors (Lipinski definition) is 8. The molecule has 10 nitrogen and oxygen atoms in total. The molecule has 0 aliphatic carbocycles. The fraction of sp³-hybridized carbons (Fsp3) is 0.353. The topological polar surface area (TPSA) is 143 Å². The van der Waals surface area contributed by atoms with Gasteiger partial charge < -0.3 is 20.5 Å². The van der Waals surface area contributed by atoms with Crippen molar-refractivity contribution in [2.24, 2.45) is 0 Å². The molecular formula is C17H20F3N3O7. The van der Waals surface area contributed by atoms with Gasteiger partial charge in [0.15, 0.2) is 5.70 Å². The summed E-state index contributed by atoms with van der Waals surface area (Å²) < 4.78 is 45.7. The maximum atomic E-state index is 13.6. The Bertz CT molecular complexity index is 853. The molecule has 0 saturated heterocycles.